The lowest BCUT2D eigenvalue weighted by molar-refractivity contribution is -0.132. The number of aromatic nitrogens is 2. The van der Waals surface area contributed by atoms with Crippen molar-refractivity contribution in [2.75, 3.05) is 32.8 Å². The summed E-state index contributed by atoms with van der Waals surface area (Å²) >= 11 is 0. The summed E-state index contributed by atoms with van der Waals surface area (Å²) in [6, 6.07) is 1.45. The van der Waals surface area contributed by atoms with Gasteiger partial charge in [0, 0.05) is 37.7 Å². The van der Waals surface area contributed by atoms with Crippen LogP contribution >= 0.6 is 0 Å². The van der Waals surface area contributed by atoms with Gasteiger partial charge in [-0.2, -0.15) is 0 Å². The molecule has 0 radical (unpaired) electrons. The Morgan fingerprint density at radius 2 is 2.36 bits per heavy atom. The average Bonchev–Trinajstić information content (AvgIpc) is 2.70. The van der Waals surface area contributed by atoms with Gasteiger partial charge in [0.1, 0.15) is 0 Å². The number of hydrogen-bond donors (Lipinski definition) is 2. The number of aromatic amines is 1. The zero-order valence-corrected chi connectivity index (χ0v) is 12.5. The molecule has 2 N–H and O–H groups in total. The van der Waals surface area contributed by atoms with Gasteiger partial charge in [0.2, 0.25) is 11.8 Å². The van der Waals surface area contributed by atoms with Crippen molar-refractivity contribution in [3.63, 3.8) is 0 Å². The number of nitrogens with zero attached hydrogens (tertiary/aromatic N) is 2. The van der Waals surface area contributed by atoms with E-state index in [4.69, 9.17) is 4.74 Å². The second-order valence-corrected chi connectivity index (χ2v) is 5.30. The van der Waals surface area contributed by atoms with E-state index < -0.39 is 0 Å². The van der Waals surface area contributed by atoms with Gasteiger partial charge in [-0.05, 0) is 6.42 Å². The van der Waals surface area contributed by atoms with Crippen molar-refractivity contribution >= 4 is 11.8 Å². The molecule has 0 spiro atoms. The zero-order chi connectivity index (χ0) is 15.9. The normalized spacial score (nSPS) is 18.6. The van der Waals surface area contributed by atoms with Crippen LogP contribution in [0, 0.1) is 5.92 Å². The summed E-state index contributed by atoms with van der Waals surface area (Å²) in [4.78, 5) is 42.5. The molecular weight excluding hydrogens is 288 g/mol. The minimum Gasteiger partial charge on any atom is -0.379 e. The number of carbonyl (C=O) groups is 2. The SMILES string of the molecule is CC(=O)NCC(=O)N1CCOCC(Cc2cc(=O)[nH]cn2)C1. The Morgan fingerprint density at radius 1 is 1.55 bits per heavy atom. The van der Waals surface area contributed by atoms with Gasteiger partial charge in [0.25, 0.3) is 5.56 Å². The minimum atomic E-state index is -0.233. The van der Waals surface area contributed by atoms with Crippen molar-refractivity contribution < 1.29 is 14.3 Å². The molecule has 0 saturated carbocycles. The molecule has 1 fully saturated rings. The fourth-order valence-electron chi connectivity index (χ4n) is 2.36. The second kappa shape index (κ2) is 7.69. The van der Waals surface area contributed by atoms with Crippen LogP contribution in [0.1, 0.15) is 12.6 Å². The van der Waals surface area contributed by atoms with Crippen LogP contribution in [0.2, 0.25) is 0 Å². The molecule has 8 heteroatoms. The topological polar surface area (TPSA) is 104 Å². The summed E-state index contributed by atoms with van der Waals surface area (Å²) in [7, 11) is 0. The van der Waals surface area contributed by atoms with Crippen LogP contribution in [0.15, 0.2) is 17.2 Å². The predicted octanol–water partition coefficient (Wildman–Crippen LogP) is -1.08. The van der Waals surface area contributed by atoms with Gasteiger partial charge in [-0.25, -0.2) is 4.98 Å². The van der Waals surface area contributed by atoms with Gasteiger partial charge in [0.15, 0.2) is 0 Å². The molecule has 1 unspecified atom stereocenters. The highest BCUT2D eigenvalue weighted by Crippen LogP contribution is 2.12. The molecule has 1 atom stereocenters. The average molecular weight is 308 g/mol. The van der Waals surface area contributed by atoms with Crippen LogP contribution in [-0.4, -0.2) is 59.5 Å². The van der Waals surface area contributed by atoms with E-state index in [1.165, 1.54) is 19.3 Å². The molecule has 2 heterocycles. The Hall–Kier alpha value is -2.22. The first kappa shape index (κ1) is 16.2. The Bertz CT molecular complexity index is 586. The highest BCUT2D eigenvalue weighted by atomic mass is 16.5. The summed E-state index contributed by atoms with van der Waals surface area (Å²) in [6.45, 7) is 3.36. The molecule has 1 aromatic rings. The number of H-pyrrole nitrogens is 1. The fourth-order valence-corrected chi connectivity index (χ4v) is 2.36. The third-order valence-electron chi connectivity index (χ3n) is 3.41. The van der Waals surface area contributed by atoms with E-state index in [0.717, 1.165) is 0 Å². The van der Waals surface area contributed by atoms with Gasteiger partial charge in [-0.3, -0.25) is 14.4 Å². The minimum absolute atomic E-state index is 0.00862. The molecular formula is C14H20N4O4. The van der Waals surface area contributed by atoms with Gasteiger partial charge >= 0.3 is 0 Å². The number of amides is 2. The van der Waals surface area contributed by atoms with E-state index in [-0.39, 0.29) is 29.8 Å². The summed E-state index contributed by atoms with van der Waals surface area (Å²) < 4.78 is 5.52. The maximum absolute atomic E-state index is 12.1. The van der Waals surface area contributed by atoms with Crippen LogP contribution in [0.5, 0.6) is 0 Å². The summed E-state index contributed by atoms with van der Waals surface area (Å²) in [6.07, 6.45) is 1.93. The first-order valence-corrected chi connectivity index (χ1v) is 7.18. The molecule has 2 rings (SSSR count). The third kappa shape index (κ3) is 4.96. The van der Waals surface area contributed by atoms with Crippen LogP contribution in [0.4, 0.5) is 0 Å². The van der Waals surface area contributed by atoms with Crippen molar-refractivity contribution in [2.24, 2.45) is 5.92 Å². The molecule has 2 amide bonds. The smallest absolute Gasteiger partial charge is 0.250 e. The molecule has 0 aliphatic carbocycles. The van der Waals surface area contributed by atoms with E-state index in [0.29, 0.717) is 38.4 Å². The van der Waals surface area contributed by atoms with Crippen LogP contribution in [0.3, 0.4) is 0 Å². The second-order valence-electron chi connectivity index (χ2n) is 5.30. The van der Waals surface area contributed by atoms with E-state index in [1.807, 2.05) is 0 Å². The van der Waals surface area contributed by atoms with Crippen molar-refractivity contribution in [2.45, 2.75) is 13.3 Å². The maximum atomic E-state index is 12.1. The van der Waals surface area contributed by atoms with Crippen molar-refractivity contribution in [1.82, 2.24) is 20.2 Å². The lowest BCUT2D eigenvalue weighted by Gasteiger charge is -2.23. The van der Waals surface area contributed by atoms with Crippen LogP contribution < -0.4 is 10.9 Å². The highest BCUT2D eigenvalue weighted by molar-refractivity contribution is 5.83. The molecule has 8 nitrogen and oxygen atoms in total. The first-order valence-electron chi connectivity index (χ1n) is 7.18. The maximum Gasteiger partial charge on any atom is 0.250 e. The Morgan fingerprint density at radius 3 is 3.09 bits per heavy atom. The molecule has 1 aliphatic heterocycles. The van der Waals surface area contributed by atoms with E-state index in [2.05, 4.69) is 15.3 Å². The van der Waals surface area contributed by atoms with E-state index in [1.54, 1.807) is 4.90 Å². The fraction of sp³-hybridized carbons (Fsp3) is 0.571. The summed E-state index contributed by atoms with van der Waals surface area (Å²) in [5.41, 5.74) is 0.478. The van der Waals surface area contributed by atoms with E-state index in [9.17, 15) is 14.4 Å². The standard InChI is InChI=1S/C14H20N4O4/c1-10(19)15-6-14(21)18-2-3-22-8-11(7-18)4-12-5-13(20)17-9-16-12/h5,9,11H,2-4,6-8H2,1H3,(H,15,19)(H,16,17,20). The molecule has 22 heavy (non-hydrogen) atoms. The Kier molecular flexibility index (Phi) is 5.65. The lowest BCUT2D eigenvalue weighted by atomic mass is 10.0. The molecule has 1 saturated heterocycles. The summed E-state index contributed by atoms with van der Waals surface area (Å²) in [5, 5.41) is 2.51. The molecule has 120 valence electrons. The highest BCUT2D eigenvalue weighted by Gasteiger charge is 2.23. The van der Waals surface area contributed by atoms with Crippen molar-refractivity contribution in [3.05, 3.63) is 28.4 Å². The largest absolute Gasteiger partial charge is 0.379 e. The number of rotatable bonds is 4. The number of ether oxygens (including phenoxy) is 1. The summed E-state index contributed by atoms with van der Waals surface area (Å²) in [5.74, 6) is -0.300. The Balaban J connectivity index is 1.96. The van der Waals surface area contributed by atoms with Gasteiger partial charge in [0.05, 0.1) is 26.1 Å². The van der Waals surface area contributed by atoms with Gasteiger partial charge in [-0.1, -0.05) is 0 Å². The first-order chi connectivity index (χ1) is 10.5. The predicted molar refractivity (Wildman–Crippen MR) is 78.1 cm³/mol. The third-order valence-corrected chi connectivity index (χ3v) is 3.41. The van der Waals surface area contributed by atoms with Crippen LogP contribution in [-0.2, 0) is 20.7 Å². The number of nitrogens with one attached hydrogen (secondary N) is 2. The molecule has 1 aliphatic rings. The quantitative estimate of drug-likeness (QED) is 0.736. The van der Waals surface area contributed by atoms with Gasteiger partial charge in [-0.15, -0.1) is 0 Å². The molecule has 0 bridgehead atoms. The van der Waals surface area contributed by atoms with Gasteiger partial charge < -0.3 is 19.9 Å². The van der Waals surface area contributed by atoms with Crippen molar-refractivity contribution in [1.29, 1.82) is 0 Å². The Labute approximate surface area is 127 Å². The van der Waals surface area contributed by atoms with E-state index >= 15 is 0 Å². The number of carbonyl (C=O) groups excluding carboxylic acids is 2. The van der Waals surface area contributed by atoms with Crippen LogP contribution in [0.25, 0.3) is 0 Å². The number of hydrogen-bond acceptors (Lipinski definition) is 5. The monoisotopic (exact) mass is 308 g/mol. The molecule has 0 aromatic carbocycles. The van der Waals surface area contributed by atoms with Crippen molar-refractivity contribution in [3.8, 4) is 0 Å². The molecule has 1 aromatic heterocycles. The zero-order valence-electron chi connectivity index (χ0n) is 12.5. The lowest BCUT2D eigenvalue weighted by Crippen LogP contribution is -2.42.